The van der Waals surface area contributed by atoms with Crippen LogP contribution in [0.15, 0.2) is 34.4 Å². The van der Waals surface area contributed by atoms with Crippen molar-refractivity contribution < 1.29 is 0 Å². The van der Waals surface area contributed by atoms with Crippen LogP contribution in [0.5, 0.6) is 0 Å². The molecule has 0 radical (unpaired) electrons. The van der Waals surface area contributed by atoms with Gasteiger partial charge in [-0.05, 0) is 11.6 Å². The SMILES string of the molecule is C=Cc1cccc2[nH]c(=O)[nH]c(=O)c12. The van der Waals surface area contributed by atoms with Crippen molar-refractivity contribution in [3.63, 3.8) is 0 Å². The molecule has 0 aliphatic carbocycles. The third kappa shape index (κ3) is 1.17. The van der Waals surface area contributed by atoms with Crippen LogP contribution in [0.3, 0.4) is 0 Å². The van der Waals surface area contributed by atoms with Crippen molar-refractivity contribution in [2.24, 2.45) is 0 Å². The van der Waals surface area contributed by atoms with Gasteiger partial charge in [0.05, 0.1) is 10.9 Å². The van der Waals surface area contributed by atoms with Gasteiger partial charge in [-0.15, -0.1) is 0 Å². The second kappa shape index (κ2) is 2.99. The van der Waals surface area contributed by atoms with Gasteiger partial charge in [-0.1, -0.05) is 24.8 Å². The maximum atomic E-state index is 11.5. The first-order chi connectivity index (χ1) is 6.72. The van der Waals surface area contributed by atoms with Crippen molar-refractivity contribution in [2.75, 3.05) is 0 Å². The lowest BCUT2D eigenvalue weighted by Gasteiger charge is -1.99. The molecule has 0 aliphatic heterocycles. The van der Waals surface area contributed by atoms with Gasteiger partial charge < -0.3 is 4.98 Å². The summed E-state index contributed by atoms with van der Waals surface area (Å²) in [5.74, 6) is 0. The molecule has 0 fully saturated rings. The number of aromatic nitrogens is 2. The van der Waals surface area contributed by atoms with E-state index in [1.165, 1.54) is 0 Å². The Morgan fingerprint density at radius 2 is 2.00 bits per heavy atom. The summed E-state index contributed by atoms with van der Waals surface area (Å²) in [6.45, 7) is 3.60. The number of hydrogen-bond acceptors (Lipinski definition) is 2. The lowest BCUT2D eigenvalue weighted by Crippen LogP contribution is -2.22. The Morgan fingerprint density at radius 1 is 1.21 bits per heavy atom. The van der Waals surface area contributed by atoms with Crippen LogP contribution in [0.4, 0.5) is 0 Å². The van der Waals surface area contributed by atoms with Crippen LogP contribution in [-0.4, -0.2) is 9.97 Å². The molecule has 0 saturated carbocycles. The number of rotatable bonds is 1. The van der Waals surface area contributed by atoms with Crippen molar-refractivity contribution in [1.82, 2.24) is 9.97 Å². The molecule has 0 amide bonds. The van der Waals surface area contributed by atoms with Gasteiger partial charge in [0, 0.05) is 0 Å². The summed E-state index contributed by atoms with van der Waals surface area (Å²) in [6.07, 6.45) is 1.58. The predicted octanol–water partition coefficient (Wildman–Crippen LogP) is 0.859. The van der Waals surface area contributed by atoms with E-state index < -0.39 is 5.69 Å². The normalized spacial score (nSPS) is 10.3. The van der Waals surface area contributed by atoms with E-state index >= 15 is 0 Å². The standard InChI is InChI=1S/C10H8N2O2/c1-2-6-4-3-5-7-8(6)9(13)12-10(14)11-7/h2-5H,1H2,(H2,11,12,13,14). The highest BCUT2D eigenvalue weighted by atomic mass is 16.2. The van der Waals surface area contributed by atoms with Crippen molar-refractivity contribution in [3.05, 3.63) is 51.2 Å². The lowest BCUT2D eigenvalue weighted by molar-refractivity contribution is 1.08. The summed E-state index contributed by atoms with van der Waals surface area (Å²) in [5.41, 5.74) is 0.346. The van der Waals surface area contributed by atoms with Crippen molar-refractivity contribution in [3.8, 4) is 0 Å². The fourth-order valence-electron chi connectivity index (χ4n) is 1.42. The summed E-state index contributed by atoms with van der Waals surface area (Å²) < 4.78 is 0. The van der Waals surface area contributed by atoms with Gasteiger partial charge in [-0.2, -0.15) is 0 Å². The van der Waals surface area contributed by atoms with E-state index in [9.17, 15) is 9.59 Å². The molecular formula is C10H8N2O2. The molecule has 4 nitrogen and oxygen atoms in total. The van der Waals surface area contributed by atoms with Crippen LogP contribution in [-0.2, 0) is 0 Å². The first-order valence-corrected chi connectivity index (χ1v) is 4.10. The zero-order valence-electron chi connectivity index (χ0n) is 7.33. The molecule has 70 valence electrons. The van der Waals surface area contributed by atoms with Crippen LogP contribution in [0, 0.1) is 0 Å². The highest BCUT2D eigenvalue weighted by Crippen LogP contribution is 2.11. The van der Waals surface area contributed by atoms with Crippen LogP contribution < -0.4 is 11.2 Å². The van der Waals surface area contributed by atoms with Gasteiger partial charge in [0.15, 0.2) is 0 Å². The monoisotopic (exact) mass is 188 g/mol. The Kier molecular flexibility index (Phi) is 1.81. The van der Waals surface area contributed by atoms with Gasteiger partial charge in [-0.25, -0.2) is 4.79 Å². The average molecular weight is 188 g/mol. The molecule has 14 heavy (non-hydrogen) atoms. The fraction of sp³-hybridized carbons (Fsp3) is 0. The molecule has 1 aromatic heterocycles. The van der Waals surface area contributed by atoms with E-state index in [1.807, 2.05) is 0 Å². The fourth-order valence-corrected chi connectivity index (χ4v) is 1.42. The summed E-state index contributed by atoms with van der Waals surface area (Å²) >= 11 is 0. The van der Waals surface area contributed by atoms with Gasteiger partial charge in [0.1, 0.15) is 0 Å². The Balaban J connectivity index is 3.09. The zero-order valence-corrected chi connectivity index (χ0v) is 7.33. The molecule has 4 heteroatoms. The van der Waals surface area contributed by atoms with Gasteiger partial charge in [0.2, 0.25) is 0 Å². The lowest BCUT2D eigenvalue weighted by atomic mass is 10.1. The Morgan fingerprint density at radius 3 is 2.71 bits per heavy atom. The molecule has 0 bridgehead atoms. The molecule has 0 aliphatic rings. The van der Waals surface area contributed by atoms with Crippen molar-refractivity contribution >= 4 is 17.0 Å². The molecule has 0 atom stereocenters. The summed E-state index contributed by atoms with van der Waals surface area (Å²) in [4.78, 5) is 27.1. The number of H-pyrrole nitrogens is 2. The highest BCUT2D eigenvalue weighted by Gasteiger charge is 2.02. The maximum Gasteiger partial charge on any atom is 0.326 e. The molecule has 1 heterocycles. The molecule has 0 saturated heterocycles. The van der Waals surface area contributed by atoms with Crippen molar-refractivity contribution in [2.45, 2.75) is 0 Å². The Labute approximate surface area is 78.9 Å². The first kappa shape index (κ1) is 8.50. The minimum atomic E-state index is -0.497. The number of benzene rings is 1. The Bertz CT molecular complexity index is 607. The van der Waals surface area contributed by atoms with Crippen molar-refractivity contribution in [1.29, 1.82) is 0 Å². The number of fused-ring (bicyclic) bond motifs is 1. The number of aromatic amines is 2. The predicted molar refractivity (Wildman–Crippen MR) is 55.3 cm³/mol. The largest absolute Gasteiger partial charge is 0.326 e. The van der Waals surface area contributed by atoms with E-state index in [1.54, 1.807) is 24.3 Å². The topological polar surface area (TPSA) is 65.7 Å². The number of nitrogens with one attached hydrogen (secondary N) is 2. The molecule has 0 spiro atoms. The van der Waals surface area contributed by atoms with Crippen LogP contribution in [0.25, 0.3) is 17.0 Å². The highest BCUT2D eigenvalue weighted by molar-refractivity contribution is 5.86. The van der Waals surface area contributed by atoms with Crippen LogP contribution in [0.1, 0.15) is 5.56 Å². The zero-order chi connectivity index (χ0) is 10.1. The van der Waals surface area contributed by atoms with E-state index in [-0.39, 0.29) is 5.56 Å². The molecule has 2 aromatic rings. The molecule has 0 unspecified atom stereocenters. The Hall–Kier alpha value is -2.10. The minimum Gasteiger partial charge on any atom is -0.307 e. The van der Waals surface area contributed by atoms with Crippen LogP contribution >= 0.6 is 0 Å². The summed E-state index contributed by atoms with van der Waals surface area (Å²) in [5, 5.41) is 0.460. The second-order valence-corrected chi connectivity index (χ2v) is 2.88. The third-order valence-electron chi connectivity index (χ3n) is 2.02. The third-order valence-corrected chi connectivity index (χ3v) is 2.02. The number of hydrogen-bond donors (Lipinski definition) is 2. The van der Waals surface area contributed by atoms with E-state index in [4.69, 9.17) is 0 Å². The second-order valence-electron chi connectivity index (χ2n) is 2.88. The van der Waals surface area contributed by atoms with E-state index in [0.29, 0.717) is 16.5 Å². The molecular weight excluding hydrogens is 180 g/mol. The quantitative estimate of drug-likeness (QED) is 0.697. The first-order valence-electron chi connectivity index (χ1n) is 4.10. The smallest absolute Gasteiger partial charge is 0.307 e. The summed E-state index contributed by atoms with van der Waals surface area (Å²) in [6, 6.07) is 5.20. The minimum absolute atomic E-state index is 0.390. The van der Waals surface area contributed by atoms with Crippen LogP contribution in [0.2, 0.25) is 0 Å². The maximum absolute atomic E-state index is 11.5. The van der Waals surface area contributed by atoms with Gasteiger partial charge in [-0.3, -0.25) is 9.78 Å². The molecule has 2 N–H and O–H groups in total. The van der Waals surface area contributed by atoms with E-state index in [0.717, 1.165) is 0 Å². The van der Waals surface area contributed by atoms with Gasteiger partial charge >= 0.3 is 5.69 Å². The molecule has 1 aromatic carbocycles. The van der Waals surface area contributed by atoms with E-state index in [2.05, 4.69) is 16.5 Å². The summed E-state index contributed by atoms with van der Waals surface area (Å²) in [7, 11) is 0. The molecule has 2 rings (SSSR count). The average Bonchev–Trinajstić information content (AvgIpc) is 2.16. The van der Waals surface area contributed by atoms with Gasteiger partial charge in [0.25, 0.3) is 5.56 Å².